The van der Waals surface area contributed by atoms with Gasteiger partial charge < -0.3 is 15.0 Å². The highest BCUT2D eigenvalue weighted by Crippen LogP contribution is 2.37. The number of nitrogens with zero attached hydrogens (tertiary/aromatic N) is 6. The molecule has 1 saturated heterocycles. The van der Waals surface area contributed by atoms with Crippen molar-refractivity contribution in [2.45, 2.75) is 38.8 Å². The Balaban J connectivity index is 1.33. The van der Waals surface area contributed by atoms with Crippen molar-refractivity contribution in [3.05, 3.63) is 69.4 Å². The van der Waals surface area contributed by atoms with Crippen LogP contribution in [0.5, 0.6) is 0 Å². The van der Waals surface area contributed by atoms with E-state index < -0.39 is 0 Å². The van der Waals surface area contributed by atoms with Crippen LogP contribution in [0.3, 0.4) is 0 Å². The summed E-state index contributed by atoms with van der Waals surface area (Å²) >= 11 is 0. The van der Waals surface area contributed by atoms with Crippen LogP contribution in [0, 0.1) is 13.8 Å². The fourth-order valence-corrected chi connectivity index (χ4v) is 3.70. The summed E-state index contributed by atoms with van der Waals surface area (Å²) in [6.45, 7) is 4.44. The summed E-state index contributed by atoms with van der Waals surface area (Å²) in [5, 5.41) is 12.3. The Morgan fingerprint density at radius 3 is 2.83 bits per heavy atom. The minimum atomic E-state index is -0.268. The van der Waals surface area contributed by atoms with Gasteiger partial charge in [-0.25, -0.2) is 0 Å². The second-order valence-corrected chi connectivity index (χ2v) is 7.62. The molecule has 4 heterocycles. The van der Waals surface area contributed by atoms with E-state index >= 15 is 0 Å². The van der Waals surface area contributed by atoms with Gasteiger partial charge in [-0.2, -0.15) is 4.98 Å². The maximum atomic E-state index is 12.8. The van der Waals surface area contributed by atoms with E-state index in [-0.39, 0.29) is 29.9 Å². The lowest BCUT2D eigenvalue weighted by Gasteiger charge is -2.09. The van der Waals surface area contributed by atoms with Crippen LogP contribution in [-0.2, 0) is 11.3 Å². The van der Waals surface area contributed by atoms with Gasteiger partial charge in [0.2, 0.25) is 5.89 Å². The second kappa shape index (κ2) is 7.06. The topological polar surface area (TPSA) is 126 Å². The molecule has 3 aromatic heterocycles. The van der Waals surface area contributed by atoms with Gasteiger partial charge in [-0.15, -0.1) is 14.8 Å². The molecule has 2 N–H and O–H groups in total. The molecule has 0 unspecified atom stereocenters. The molecular formula is C20H21N7O3. The Morgan fingerprint density at radius 1 is 1.23 bits per heavy atom. The van der Waals surface area contributed by atoms with E-state index in [2.05, 4.69) is 51.5 Å². The number of hydrogen-bond donors (Lipinski definition) is 1. The number of hydrogen-bond acceptors (Lipinski definition) is 8. The molecular weight excluding hydrogens is 386 g/mol. The maximum Gasteiger partial charge on any atom is 0.280 e. The van der Waals surface area contributed by atoms with Gasteiger partial charge in [0.05, 0.1) is 12.7 Å². The fraction of sp³-hybridized carbons (Fsp3) is 0.350. The average molecular weight is 407 g/mol. The van der Waals surface area contributed by atoms with E-state index in [1.807, 2.05) is 0 Å². The molecule has 2 atom stereocenters. The number of rotatable bonds is 4. The molecule has 10 nitrogen and oxygen atoms in total. The standard InChI is InChI=1S/C20H21N7O3/c1-11-3-5-13(6-4-11)15-7-14(9-29-15)19-23-16(30-25-19)8-26-10-22-27-17(20(26)28)12(2)18(21)24-27/h3-6,10,14-15H,7-9H2,1-2H3,(H2,21,24)/t14-,15+/m0/s1. The van der Waals surface area contributed by atoms with E-state index in [0.29, 0.717) is 29.4 Å². The number of fused-ring (bicyclic) bond motifs is 1. The van der Waals surface area contributed by atoms with E-state index in [9.17, 15) is 4.79 Å². The van der Waals surface area contributed by atoms with E-state index in [4.69, 9.17) is 15.0 Å². The van der Waals surface area contributed by atoms with Crippen LogP contribution in [0.15, 0.2) is 39.9 Å². The number of aryl methyl sites for hydroxylation is 2. The van der Waals surface area contributed by atoms with Gasteiger partial charge in [0, 0.05) is 11.5 Å². The number of aromatic nitrogens is 6. The number of nitrogens with two attached hydrogens (primary N) is 1. The van der Waals surface area contributed by atoms with Gasteiger partial charge in [0.15, 0.2) is 17.2 Å². The normalized spacial score (nSPS) is 19.0. The third-order valence-corrected chi connectivity index (χ3v) is 5.51. The highest BCUT2D eigenvalue weighted by Gasteiger charge is 2.31. The molecule has 0 spiro atoms. The molecule has 0 aliphatic carbocycles. The third-order valence-electron chi connectivity index (χ3n) is 5.51. The van der Waals surface area contributed by atoms with Crippen molar-refractivity contribution in [1.82, 2.24) is 29.5 Å². The predicted molar refractivity (Wildman–Crippen MR) is 107 cm³/mol. The van der Waals surface area contributed by atoms with Crippen molar-refractivity contribution in [3.63, 3.8) is 0 Å². The summed E-state index contributed by atoms with van der Waals surface area (Å²) in [6, 6.07) is 8.34. The SMILES string of the molecule is Cc1ccc([C@H]2C[C@H](c3noc(Cn4cnn5nc(N)c(C)c5c4=O)n3)CO2)cc1. The Morgan fingerprint density at radius 2 is 2.03 bits per heavy atom. The molecule has 4 aromatic rings. The Hall–Kier alpha value is -3.53. The molecule has 30 heavy (non-hydrogen) atoms. The van der Waals surface area contributed by atoms with E-state index in [0.717, 1.165) is 12.0 Å². The zero-order valence-electron chi connectivity index (χ0n) is 16.6. The molecule has 0 amide bonds. The van der Waals surface area contributed by atoms with Gasteiger partial charge in [0.1, 0.15) is 12.9 Å². The molecule has 0 bridgehead atoms. The summed E-state index contributed by atoms with van der Waals surface area (Å²) in [5.41, 5.74) is 8.81. The molecule has 5 rings (SSSR count). The van der Waals surface area contributed by atoms with Gasteiger partial charge in [-0.3, -0.25) is 9.36 Å². The van der Waals surface area contributed by atoms with Crippen molar-refractivity contribution in [2.75, 3.05) is 12.3 Å². The van der Waals surface area contributed by atoms with E-state index in [1.165, 1.54) is 21.1 Å². The quantitative estimate of drug-likeness (QED) is 0.542. The number of nitrogen functional groups attached to an aromatic ring is 1. The Labute approximate surface area is 171 Å². The Bertz CT molecular complexity index is 1270. The van der Waals surface area contributed by atoms with Crippen molar-refractivity contribution in [2.24, 2.45) is 0 Å². The van der Waals surface area contributed by atoms with Gasteiger partial charge in [-0.05, 0) is 25.8 Å². The number of anilines is 1. The zero-order chi connectivity index (χ0) is 20.8. The minimum absolute atomic E-state index is 0.0158. The number of benzene rings is 1. The van der Waals surface area contributed by atoms with Crippen LogP contribution in [-0.4, -0.2) is 36.1 Å². The molecule has 0 radical (unpaired) electrons. The van der Waals surface area contributed by atoms with Crippen molar-refractivity contribution < 1.29 is 9.26 Å². The van der Waals surface area contributed by atoms with E-state index in [1.54, 1.807) is 6.92 Å². The highest BCUT2D eigenvalue weighted by atomic mass is 16.5. The van der Waals surface area contributed by atoms with Crippen LogP contribution in [0.2, 0.25) is 0 Å². The first-order valence-electron chi connectivity index (χ1n) is 9.71. The lowest BCUT2D eigenvalue weighted by Crippen LogP contribution is -2.24. The molecule has 1 aliphatic heterocycles. The van der Waals surface area contributed by atoms with Gasteiger partial charge >= 0.3 is 0 Å². The Kier molecular flexibility index (Phi) is 4.35. The van der Waals surface area contributed by atoms with Gasteiger partial charge in [-0.1, -0.05) is 35.0 Å². The molecule has 1 aromatic carbocycles. The molecule has 1 fully saturated rings. The summed E-state index contributed by atoms with van der Waals surface area (Å²) in [5.74, 6) is 1.25. The van der Waals surface area contributed by atoms with Crippen molar-refractivity contribution in [1.29, 1.82) is 0 Å². The molecule has 1 aliphatic rings. The largest absolute Gasteiger partial charge is 0.382 e. The lowest BCUT2D eigenvalue weighted by molar-refractivity contribution is 0.110. The summed E-state index contributed by atoms with van der Waals surface area (Å²) in [4.78, 5) is 17.2. The second-order valence-electron chi connectivity index (χ2n) is 7.62. The van der Waals surface area contributed by atoms with Crippen LogP contribution in [0.4, 0.5) is 5.82 Å². The minimum Gasteiger partial charge on any atom is -0.382 e. The summed E-state index contributed by atoms with van der Waals surface area (Å²) in [6.07, 6.45) is 2.18. The van der Waals surface area contributed by atoms with Crippen LogP contribution in [0.1, 0.15) is 46.8 Å². The molecule has 10 heteroatoms. The van der Waals surface area contributed by atoms with Crippen LogP contribution in [0.25, 0.3) is 5.52 Å². The highest BCUT2D eigenvalue weighted by molar-refractivity contribution is 5.60. The van der Waals surface area contributed by atoms with Crippen molar-refractivity contribution in [3.8, 4) is 0 Å². The smallest absolute Gasteiger partial charge is 0.280 e. The molecule has 0 saturated carbocycles. The van der Waals surface area contributed by atoms with Crippen molar-refractivity contribution >= 4 is 11.3 Å². The first-order chi connectivity index (χ1) is 14.5. The first-order valence-corrected chi connectivity index (χ1v) is 9.71. The monoisotopic (exact) mass is 407 g/mol. The summed E-state index contributed by atoms with van der Waals surface area (Å²) < 4.78 is 14.0. The van der Waals surface area contributed by atoms with Gasteiger partial charge in [0.25, 0.3) is 5.56 Å². The summed E-state index contributed by atoms with van der Waals surface area (Å²) in [7, 11) is 0. The number of ether oxygens (including phenoxy) is 1. The zero-order valence-corrected chi connectivity index (χ0v) is 16.6. The maximum absolute atomic E-state index is 12.8. The predicted octanol–water partition coefficient (Wildman–Crippen LogP) is 1.77. The van der Waals surface area contributed by atoms with Crippen LogP contribution < -0.4 is 11.3 Å². The lowest BCUT2D eigenvalue weighted by atomic mass is 9.99. The first kappa shape index (κ1) is 18.5. The average Bonchev–Trinajstić information content (AvgIpc) is 3.45. The van der Waals surface area contributed by atoms with Crippen LogP contribution >= 0.6 is 0 Å². The molecule has 154 valence electrons. The fourth-order valence-electron chi connectivity index (χ4n) is 3.70. The third kappa shape index (κ3) is 3.14.